The summed E-state index contributed by atoms with van der Waals surface area (Å²) in [7, 11) is 3.35. The zero-order valence-electron chi connectivity index (χ0n) is 11.4. The van der Waals surface area contributed by atoms with Crippen LogP contribution in [-0.2, 0) is 4.74 Å². The van der Waals surface area contributed by atoms with Crippen LogP contribution in [0, 0.1) is 0 Å². The first kappa shape index (κ1) is 14.8. The molecule has 1 N–H and O–H groups in total. The third kappa shape index (κ3) is 5.38. The van der Waals surface area contributed by atoms with Gasteiger partial charge in [-0.05, 0) is 37.2 Å². The monoisotopic (exact) mass is 253 g/mol. The van der Waals surface area contributed by atoms with Crippen LogP contribution in [-0.4, -0.2) is 40.0 Å². The Hall–Kier alpha value is -1.26. The normalized spacial score (nSPS) is 12.2. The third-order valence-electron chi connectivity index (χ3n) is 2.56. The van der Waals surface area contributed by atoms with Crippen molar-refractivity contribution in [2.45, 2.75) is 19.4 Å². The van der Waals surface area contributed by atoms with Crippen molar-refractivity contribution in [3.05, 3.63) is 24.3 Å². The minimum atomic E-state index is 0.219. The van der Waals surface area contributed by atoms with E-state index in [4.69, 9.17) is 14.2 Å². The summed E-state index contributed by atoms with van der Waals surface area (Å²) < 4.78 is 16.0. The van der Waals surface area contributed by atoms with Crippen molar-refractivity contribution >= 4 is 0 Å². The number of benzene rings is 1. The zero-order valence-corrected chi connectivity index (χ0v) is 11.4. The highest BCUT2D eigenvalue weighted by Gasteiger charge is 2.08. The maximum absolute atomic E-state index is 5.72. The molecule has 0 radical (unpaired) electrons. The van der Waals surface area contributed by atoms with Gasteiger partial charge in [0.25, 0.3) is 0 Å². The van der Waals surface area contributed by atoms with Gasteiger partial charge in [-0.2, -0.15) is 0 Å². The predicted molar refractivity (Wildman–Crippen MR) is 72.4 cm³/mol. The first-order chi connectivity index (χ1) is 8.80. The first-order valence-electron chi connectivity index (χ1n) is 6.29. The molecule has 0 saturated carbocycles. The molecule has 0 aromatic heterocycles. The summed E-state index contributed by atoms with van der Waals surface area (Å²) in [6, 6.07) is 7.81. The highest BCUT2D eigenvalue weighted by atomic mass is 16.5. The van der Waals surface area contributed by atoms with E-state index >= 15 is 0 Å². The summed E-state index contributed by atoms with van der Waals surface area (Å²) in [6.07, 6.45) is 1.10. The quantitative estimate of drug-likeness (QED) is 0.731. The van der Waals surface area contributed by atoms with E-state index in [2.05, 4.69) is 12.2 Å². The van der Waals surface area contributed by atoms with Gasteiger partial charge in [-0.1, -0.05) is 6.92 Å². The Bertz CT molecular complexity index is 313. The van der Waals surface area contributed by atoms with Crippen molar-refractivity contribution in [1.82, 2.24) is 5.32 Å². The minimum absolute atomic E-state index is 0.219. The van der Waals surface area contributed by atoms with Gasteiger partial charge in [-0.25, -0.2) is 0 Å². The van der Waals surface area contributed by atoms with Crippen molar-refractivity contribution in [1.29, 1.82) is 0 Å². The van der Waals surface area contributed by atoms with Gasteiger partial charge in [-0.3, -0.25) is 0 Å². The summed E-state index contributed by atoms with van der Waals surface area (Å²) >= 11 is 0. The molecule has 4 nitrogen and oxygen atoms in total. The molecule has 0 saturated heterocycles. The van der Waals surface area contributed by atoms with Gasteiger partial charge < -0.3 is 19.5 Å². The molecule has 1 rings (SSSR count). The van der Waals surface area contributed by atoms with Crippen molar-refractivity contribution in [2.24, 2.45) is 0 Å². The Morgan fingerprint density at radius 2 is 1.72 bits per heavy atom. The Balaban J connectivity index is 2.39. The number of hydrogen-bond donors (Lipinski definition) is 1. The number of nitrogens with one attached hydrogen (secondary N) is 1. The number of hydrogen-bond acceptors (Lipinski definition) is 4. The topological polar surface area (TPSA) is 39.7 Å². The van der Waals surface area contributed by atoms with Crippen LogP contribution >= 0.6 is 0 Å². The Morgan fingerprint density at radius 3 is 2.28 bits per heavy atom. The molecule has 0 fully saturated rings. The Kier molecular flexibility index (Phi) is 7.22. The summed E-state index contributed by atoms with van der Waals surface area (Å²) in [5.74, 6) is 1.68. The molecule has 1 unspecified atom stereocenters. The van der Waals surface area contributed by atoms with E-state index in [9.17, 15) is 0 Å². The standard InChI is InChI=1S/C14H23NO3/c1-4-9-15-12(10-16-2)11-18-14-7-5-13(17-3)6-8-14/h5-8,12,15H,4,9-11H2,1-3H3. The summed E-state index contributed by atoms with van der Waals surface area (Å²) in [5.41, 5.74) is 0. The minimum Gasteiger partial charge on any atom is -0.497 e. The fraction of sp³-hybridized carbons (Fsp3) is 0.571. The second kappa shape index (κ2) is 8.78. The highest BCUT2D eigenvalue weighted by molar-refractivity contribution is 5.31. The molecule has 1 atom stereocenters. The molecule has 0 aliphatic carbocycles. The second-order valence-corrected chi connectivity index (χ2v) is 4.09. The van der Waals surface area contributed by atoms with Crippen molar-refractivity contribution in [3.8, 4) is 11.5 Å². The van der Waals surface area contributed by atoms with Gasteiger partial charge in [0.15, 0.2) is 0 Å². The summed E-state index contributed by atoms with van der Waals surface area (Å²) in [5, 5.41) is 3.39. The van der Waals surface area contributed by atoms with E-state index < -0.39 is 0 Å². The second-order valence-electron chi connectivity index (χ2n) is 4.09. The summed E-state index contributed by atoms with van der Waals surface area (Å²) in [4.78, 5) is 0. The van der Waals surface area contributed by atoms with Crippen LogP contribution in [0.1, 0.15) is 13.3 Å². The Morgan fingerprint density at radius 1 is 1.06 bits per heavy atom. The van der Waals surface area contributed by atoms with E-state index in [0.29, 0.717) is 13.2 Å². The van der Waals surface area contributed by atoms with Gasteiger partial charge in [0.2, 0.25) is 0 Å². The molecule has 0 bridgehead atoms. The molecule has 0 aliphatic heterocycles. The SMILES string of the molecule is CCCNC(COC)COc1ccc(OC)cc1. The van der Waals surface area contributed by atoms with Crippen LogP contribution in [0.25, 0.3) is 0 Å². The average Bonchev–Trinajstić information content (AvgIpc) is 2.42. The van der Waals surface area contributed by atoms with E-state index in [0.717, 1.165) is 24.5 Å². The van der Waals surface area contributed by atoms with Crippen LogP contribution in [0.2, 0.25) is 0 Å². The molecular weight excluding hydrogens is 230 g/mol. The van der Waals surface area contributed by atoms with E-state index in [-0.39, 0.29) is 6.04 Å². The molecule has 0 aliphatic rings. The van der Waals surface area contributed by atoms with E-state index in [1.165, 1.54) is 0 Å². The van der Waals surface area contributed by atoms with Gasteiger partial charge >= 0.3 is 0 Å². The number of ether oxygens (including phenoxy) is 3. The maximum atomic E-state index is 5.72. The van der Waals surface area contributed by atoms with Crippen molar-refractivity contribution in [2.75, 3.05) is 34.0 Å². The molecule has 1 aromatic carbocycles. The number of methoxy groups -OCH3 is 2. The van der Waals surface area contributed by atoms with Crippen LogP contribution < -0.4 is 14.8 Å². The lowest BCUT2D eigenvalue weighted by Gasteiger charge is -2.18. The zero-order chi connectivity index (χ0) is 13.2. The summed E-state index contributed by atoms with van der Waals surface area (Å²) in [6.45, 7) is 4.36. The number of rotatable bonds is 9. The van der Waals surface area contributed by atoms with Crippen LogP contribution in [0.4, 0.5) is 0 Å². The molecule has 102 valence electrons. The average molecular weight is 253 g/mol. The highest BCUT2D eigenvalue weighted by Crippen LogP contribution is 2.17. The maximum Gasteiger partial charge on any atom is 0.119 e. The third-order valence-corrected chi connectivity index (χ3v) is 2.56. The molecule has 1 aromatic rings. The fourth-order valence-electron chi connectivity index (χ4n) is 1.58. The Labute approximate surface area is 109 Å². The van der Waals surface area contributed by atoms with Gasteiger partial charge in [0, 0.05) is 7.11 Å². The van der Waals surface area contributed by atoms with Crippen LogP contribution in [0.3, 0.4) is 0 Å². The molecule has 18 heavy (non-hydrogen) atoms. The lowest BCUT2D eigenvalue weighted by atomic mass is 10.3. The lowest BCUT2D eigenvalue weighted by molar-refractivity contribution is 0.136. The van der Waals surface area contributed by atoms with Crippen LogP contribution in [0.15, 0.2) is 24.3 Å². The lowest BCUT2D eigenvalue weighted by Crippen LogP contribution is -2.38. The van der Waals surface area contributed by atoms with Gasteiger partial charge in [0.05, 0.1) is 19.8 Å². The van der Waals surface area contributed by atoms with Gasteiger partial charge in [-0.15, -0.1) is 0 Å². The largest absolute Gasteiger partial charge is 0.497 e. The fourth-order valence-corrected chi connectivity index (χ4v) is 1.58. The van der Waals surface area contributed by atoms with Crippen LogP contribution in [0.5, 0.6) is 11.5 Å². The molecule has 4 heteroatoms. The van der Waals surface area contributed by atoms with E-state index in [1.807, 2.05) is 24.3 Å². The van der Waals surface area contributed by atoms with Crippen molar-refractivity contribution in [3.63, 3.8) is 0 Å². The molecule has 0 heterocycles. The molecule has 0 amide bonds. The first-order valence-corrected chi connectivity index (χ1v) is 6.29. The molecular formula is C14H23NO3. The predicted octanol–water partition coefficient (Wildman–Crippen LogP) is 2.09. The molecule has 0 spiro atoms. The van der Waals surface area contributed by atoms with Gasteiger partial charge in [0.1, 0.15) is 18.1 Å². The van der Waals surface area contributed by atoms with Crippen molar-refractivity contribution < 1.29 is 14.2 Å². The smallest absolute Gasteiger partial charge is 0.119 e. The van der Waals surface area contributed by atoms with E-state index in [1.54, 1.807) is 14.2 Å².